The van der Waals surface area contributed by atoms with E-state index in [0.29, 0.717) is 13.2 Å². The predicted molar refractivity (Wildman–Crippen MR) is 97.9 cm³/mol. The number of rotatable bonds is 7. The third kappa shape index (κ3) is 9.64. The van der Waals surface area contributed by atoms with E-state index >= 15 is 0 Å². The molecule has 0 radical (unpaired) electrons. The van der Waals surface area contributed by atoms with E-state index in [-0.39, 0.29) is 21.2 Å². The van der Waals surface area contributed by atoms with Crippen molar-refractivity contribution in [1.29, 1.82) is 0 Å². The van der Waals surface area contributed by atoms with Crippen LogP contribution in [0.5, 0.6) is 11.5 Å². The molecule has 3 aromatic rings. The fourth-order valence-electron chi connectivity index (χ4n) is 2.06. The Morgan fingerprint density at radius 2 is 1.14 bits per heavy atom. The van der Waals surface area contributed by atoms with Crippen LogP contribution in [-0.4, -0.2) is 20.5 Å². The van der Waals surface area contributed by atoms with Crippen molar-refractivity contribution >= 4 is 7.25 Å². The molecule has 0 aliphatic rings. The van der Waals surface area contributed by atoms with Crippen LogP contribution in [0.4, 0.5) is 17.3 Å². The molecule has 3 rings (SSSR count). The molecule has 8 heteroatoms. The van der Waals surface area contributed by atoms with Crippen molar-refractivity contribution in [2.75, 3.05) is 13.2 Å². The molecule has 0 aliphatic carbocycles. The molecule has 2 nitrogen and oxygen atoms in total. The number of halogens is 5. The molecule has 0 fully saturated rings. The Labute approximate surface area is 171 Å². The van der Waals surface area contributed by atoms with Crippen LogP contribution in [0.15, 0.2) is 84.9 Å². The fraction of sp³-hybridized carbons (Fsp3) is 0.100. The van der Waals surface area contributed by atoms with Gasteiger partial charge in [0.05, 0.1) is 0 Å². The topological polar surface area (TPSA) is 18.5 Å². The first kappa shape index (κ1) is 22.1. The summed E-state index contributed by atoms with van der Waals surface area (Å²) in [7, 11) is -6.00. The molecular weight excluding hydrogens is 486 g/mol. The van der Waals surface area contributed by atoms with Crippen molar-refractivity contribution in [3.05, 3.63) is 92.1 Å². The van der Waals surface area contributed by atoms with Crippen LogP contribution in [0.3, 0.4) is 0 Å². The highest BCUT2D eigenvalue weighted by Crippen LogP contribution is 2.11. The lowest BCUT2D eigenvalue weighted by Crippen LogP contribution is -3.61. The van der Waals surface area contributed by atoms with Crippen LogP contribution in [-0.2, 0) is 0 Å². The Kier molecular flexibility index (Phi) is 9.13. The minimum atomic E-state index is -6.00. The smallest absolute Gasteiger partial charge is 0.490 e. The van der Waals surface area contributed by atoms with Crippen LogP contribution >= 0.6 is 0 Å². The first-order valence-electron chi connectivity index (χ1n) is 8.39. The SMILES string of the molecule is F[B-](F)(F)F.c1ccc(OCCOc2ccccc2[I+]c2ccccc2)cc1. The molecular formula is C20H18BF4IO2. The van der Waals surface area contributed by atoms with Crippen molar-refractivity contribution in [2.45, 2.75) is 0 Å². The van der Waals surface area contributed by atoms with Gasteiger partial charge >= 0.3 is 28.5 Å². The lowest BCUT2D eigenvalue weighted by Gasteiger charge is -2.08. The van der Waals surface area contributed by atoms with Crippen molar-refractivity contribution in [2.24, 2.45) is 0 Å². The standard InChI is InChI=1S/C20H18IO2.BF4/c1-3-9-17(10-4-1)21-19-13-7-8-14-20(19)23-16-15-22-18-11-5-2-6-12-18;2-1(3,4)5/h1-14H,15-16H2;/q+1;-1. The second kappa shape index (κ2) is 11.6. The van der Waals surface area contributed by atoms with E-state index in [4.69, 9.17) is 9.47 Å². The fourth-order valence-corrected chi connectivity index (χ4v) is 4.50. The van der Waals surface area contributed by atoms with Gasteiger partial charge in [0.1, 0.15) is 19.0 Å². The van der Waals surface area contributed by atoms with Gasteiger partial charge in [-0.15, -0.1) is 0 Å². The zero-order valence-corrected chi connectivity index (χ0v) is 16.9. The molecule has 0 saturated heterocycles. The molecule has 0 amide bonds. The highest BCUT2D eigenvalue weighted by molar-refractivity contribution is 6.50. The van der Waals surface area contributed by atoms with Crippen LogP contribution in [0.1, 0.15) is 0 Å². The summed E-state index contributed by atoms with van der Waals surface area (Å²) < 4.78 is 53.3. The maximum atomic E-state index is 9.75. The molecule has 0 bridgehead atoms. The van der Waals surface area contributed by atoms with Crippen LogP contribution in [0.25, 0.3) is 0 Å². The maximum absolute atomic E-state index is 9.75. The van der Waals surface area contributed by atoms with Crippen molar-refractivity contribution < 1.29 is 47.9 Å². The molecule has 28 heavy (non-hydrogen) atoms. The Balaban J connectivity index is 0.000000500. The minimum Gasteiger partial charge on any atom is -0.490 e. The van der Waals surface area contributed by atoms with E-state index in [1.807, 2.05) is 42.5 Å². The predicted octanol–water partition coefficient (Wildman–Crippen LogP) is 2.57. The molecule has 0 N–H and O–H groups in total. The third-order valence-electron chi connectivity index (χ3n) is 3.13. The van der Waals surface area contributed by atoms with E-state index < -0.39 is 7.25 Å². The molecule has 0 heterocycles. The van der Waals surface area contributed by atoms with Gasteiger partial charge in [0.15, 0.2) is 9.32 Å². The highest BCUT2D eigenvalue weighted by atomic mass is 127. The average molecular weight is 504 g/mol. The lowest BCUT2D eigenvalue weighted by atomic mass is 10.3. The van der Waals surface area contributed by atoms with Gasteiger partial charge < -0.3 is 26.7 Å². The van der Waals surface area contributed by atoms with E-state index in [9.17, 15) is 17.3 Å². The van der Waals surface area contributed by atoms with Gasteiger partial charge in [-0.2, -0.15) is 0 Å². The zero-order valence-electron chi connectivity index (χ0n) is 14.8. The van der Waals surface area contributed by atoms with Gasteiger partial charge in [0, 0.05) is 0 Å². The van der Waals surface area contributed by atoms with Gasteiger partial charge in [-0.1, -0.05) is 48.5 Å². The molecule has 0 unspecified atom stereocenters. The minimum absolute atomic E-state index is 0.226. The quantitative estimate of drug-likeness (QED) is 0.213. The number of para-hydroxylation sites is 2. The number of hydrogen-bond acceptors (Lipinski definition) is 2. The first-order chi connectivity index (χ1) is 13.4. The second-order valence-corrected chi connectivity index (χ2v) is 8.27. The third-order valence-corrected chi connectivity index (χ3v) is 5.95. The van der Waals surface area contributed by atoms with Gasteiger partial charge in [-0.25, -0.2) is 0 Å². The van der Waals surface area contributed by atoms with Crippen LogP contribution in [0, 0.1) is 7.14 Å². The van der Waals surface area contributed by atoms with Crippen LogP contribution in [0.2, 0.25) is 0 Å². The summed E-state index contributed by atoms with van der Waals surface area (Å²) in [5.41, 5.74) is 0. The number of benzene rings is 3. The molecule has 0 aliphatic heterocycles. The summed E-state index contributed by atoms with van der Waals surface area (Å²) in [5.74, 6) is 1.85. The van der Waals surface area contributed by atoms with Gasteiger partial charge in [-0.05, 0) is 36.4 Å². The van der Waals surface area contributed by atoms with E-state index in [0.717, 1.165) is 11.5 Å². The Hall–Kier alpha value is -2.23. The maximum Gasteiger partial charge on any atom is 0.673 e. The first-order valence-corrected chi connectivity index (χ1v) is 10.5. The zero-order chi connectivity index (χ0) is 20.2. The largest absolute Gasteiger partial charge is 0.673 e. The van der Waals surface area contributed by atoms with Gasteiger partial charge in [0.2, 0.25) is 3.57 Å². The van der Waals surface area contributed by atoms with Crippen LogP contribution < -0.4 is 30.7 Å². The summed E-state index contributed by atoms with van der Waals surface area (Å²) in [4.78, 5) is 0. The van der Waals surface area contributed by atoms with Gasteiger partial charge in [-0.3, -0.25) is 0 Å². The Morgan fingerprint density at radius 1 is 0.643 bits per heavy atom. The second-order valence-electron chi connectivity index (χ2n) is 5.33. The summed E-state index contributed by atoms with van der Waals surface area (Å²) >= 11 is -0.226. The Bertz CT molecular complexity index is 811. The normalized spacial score (nSPS) is 10.6. The summed E-state index contributed by atoms with van der Waals surface area (Å²) in [6.07, 6.45) is 0. The monoisotopic (exact) mass is 504 g/mol. The molecule has 0 saturated carbocycles. The molecule has 3 aromatic carbocycles. The van der Waals surface area contributed by atoms with Gasteiger partial charge in [0.25, 0.3) is 0 Å². The van der Waals surface area contributed by atoms with Crippen molar-refractivity contribution in [3.8, 4) is 11.5 Å². The molecule has 0 atom stereocenters. The number of hydrogen-bond donors (Lipinski definition) is 0. The summed E-state index contributed by atoms with van der Waals surface area (Å²) in [5, 5.41) is 0. The summed E-state index contributed by atoms with van der Waals surface area (Å²) in [6, 6.07) is 28.7. The molecule has 0 aromatic heterocycles. The number of ether oxygens (including phenoxy) is 2. The van der Waals surface area contributed by atoms with E-state index in [2.05, 4.69) is 42.5 Å². The molecule has 148 valence electrons. The van der Waals surface area contributed by atoms with E-state index in [1.165, 1.54) is 7.14 Å². The lowest BCUT2D eigenvalue weighted by molar-refractivity contribution is -0.598. The van der Waals surface area contributed by atoms with E-state index in [1.54, 1.807) is 0 Å². The summed E-state index contributed by atoms with van der Waals surface area (Å²) in [6.45, 7) is 1.09. The highest BCUT2D eigenvalue weighted by Gasteiger charge is 2.21. The van der Waals surface area contributed by atoms with Crippen molar-refractivity contribution in [1.82, 2.24) is 0 Å². The Morgan fingerprint density at radius 3 is 1.79 bits per heavy atom. The molecule has 0 spiro atoms. The average Bonchev–Trinajstić information content (AvgIpc) is 2.67. The van der Waals surface area contributed by atoms with Crippen molar-refractivity contribution in [3.63, 3.8) is 0 Å².